The van der Waals surface area contributed by atoms with Crippen LogP contribution in [0.5, 0.6) is 0 Å². The topological polar surface area (TPSA) is 82.7 Å². The summed E-state index contributed by atoms with van der Waals surface area (Å²) in [6, 6.07) is 6.53. The van der Waals surface area contributed by atoms with E-state index in [1.165, 1.54) is 0 Å². The Labute approximate surface area is 109 Å². The molecule has 0 radical (unpaired) electrons. The molecule has 0 aliphatic carbocycles. The molecular weight excluding hydrogens is 254 g/mol. The number of rotatable bonds is 3. The Morgan fingerprint density at radius 1 is 1.39 bits per heavy atom. The highest BCUT2D eigenvalue weighted by Gasteiger charge is 2.08. The van der Waals surface area contributed by atoms with E-state index in [4.69, 9.17) is 11.6 Å². The van der Waals surface area contributed by atoms with E-state index in [2.05, 4.69) is 25.8 Å². The van der Waals surface area contributed by atoms with Crippen LogP contribution in [0.4, 0.5) is 16.4 Å². The Kier molecular flexibility index (Phi) is 3.78. The van der Waals surface area contributed by atoms with E-state index in [-0.39, 0.29) is 5.95 Å². The molecular formula is C11H12ClN5O. The van der Waals surface area contributed by atoms with Gasteiger partial charge in [-0.05, 0) is 12.1 Å². The number of carbonyl (C=O) groups is 1. The number of benzene rings is 1. The van der Waals surface area contributed by atoms with Gasteiger partial charge in [0.1, 0.15) is 5.82 Å². The summed E-state index contributed by atoms with van der Waals surface area (Å²) in [4.78, 5) is 15.7. The van der Waals surface area contributed by atoms with Crippen LogP contribution in [0.1, 0.15) is 12.7 Å². The summed E-state index contributed by atoms with van der Waals surface area (Å²) in [6.45, 7) is 1.94. The maximum Gasteiger partial charge on any atom is 0.326 e. The van der Waals surface area contributed by atoms with Gasteiger partial charge in [-0.3, -0.25) is 10.4 Å². The number of aromatic amines is 1. The maximum atomic E-state index is 11.7. The molecule has 0 atom stereocenters. The molecule has 94 valence electrons. The average Bonchev–Trinajstić information content (AvgIpc) is 2.80. The van der Waals surface area contributed by atoms with Gasteiger partial charge in [-0.15, -0.1) is 5.10 Å². The summed E-state index contributed by atoms with van der Waals surface area (Å²) < 4.78 is 0. The second-order valence-electron chi connectivity index (χ2n) is 3.52. The lowest BCUT2D eigenvalue weighted by Gasteiger charge is -2.06. The quantitative estimate of drug-likeness (QED) is 0.798. The van der Waals surface area contributed by atoms with Crippen molar-refractivity contribution in [1.82, 2.24) is 15.2 Å². The number of anilines is 2. The average molecular weight is 266 g/mol. The van der Waals surface area contributed by atoms with Crippen molar-refractivity contribution in [1.29, 1.82) is 0 Å². The molecule has 1 aromatic carbocycles. The van der Waals surface area contributed by atoms with Gasteiger partial charge in [0.15, 0.2) is 0 Å². The third-order valence-corrected chi connectivity index (χ3v) is 2.54. The van der Waals surface area contributed by atoms with Gasteiger partial charge in [0, 0.05) is 6.42 Å². The van der Waals surface area contributed by atoms with Crippen molar-refractivity contribution in [3.63, 3.8) is 0 Å². The number of hydrogen-bond donors (Lipinski definition) is 3. The van der Waals surface area contributed by atoms with E-state index in [1.54, 1.807) is 24.3 Å². The molecule has 7 heteroatoms. The van der Waals surface area contributed by atoms with Crippen molar-refractivity contribution in [3.05, 3.63) is 35.1 Å². The number of amides is 2. The first-order valence-electron chi connectivity index (χ1n) is 5.43. The highest BCUT2D eigenvalue weighted by Crippen LogP contribution is 2.20. The first kappa shape index (κ1) is 12.4. The van der Waals surface area contributed by atoms with Gasteiger partial charge in [-0.25, -0.2) is 4.79 Å². The number of aromatic nitrogens is 3. The van der Waals surface area contributed by atoms with Crippen LogP contribution in [-0.4, -0.2) is 21.2 Å². The molecule has 0 saturated heterocycles. The standard InChI is InChI=1S/C11H12ClN5O/c1-2-9-14-10(17-16-9)15-11(18)13-8-6-4-3-5-7(8)12/h3-6H,2H2,1H3,(H3,13,14,15,16,17,18). The number of nitrogens with zero attached hydrogens (tertiary/aromatic N) is 2. The lowest BCUT2D eigenvalue weighted by atomic mass is 10.3. The Morgan fingerprint density at radius 2 is 2.17 bits per heavy atom. The van der Waals surface area contributed by atoms with Crippen molar-refractivity contribution in [2.24, 2.45) is 0 Å². The largest absolute Gasteiger partial charge is 0.326 e. The number of aryl methyl sites for hydroxylation is 1. The van der Waals surface area contributed by atoms with E-state index in [0.29, 0.717) is 16.5 Å². The summed E-state index contributed by atoms with van der Waals surface area (Å²) >= 11 is 5.92. The van der Waals surface area contributed by atoms with Gasteiger partial charge in [-0.1, -0.05) is 30.7 Å². The molecule has 0 spiro atoms. The molecule has 1 aromatic heterocycles. The molecule has 0 aliphatic rings. The fourth-order valence-corrected chi connectivity index (χ4v) is 1.51. The van der Waals surface area contributed by atoms with Gasteiger partial charge in [0.25, 0.3) is 0 Å². The maximum absolute atomic E-state index is 11.7. The Balaban J connectivity index is 1.99. The Bertz CT molecular complexity index is 554. The van der Waals surface area contributed by atoms with Gasteiger partial charge in [0.2, 0.25) is 5.95 Å². The summed E-state index contributed by atoms with van der Waals surface area (Å²) in [7, 11) is 0. The van der Waals surface area contributed by atoms with Crippen LogP contribution >= 0.6 is 11.6 Å². The minimum atomic E-state index is -0.440. The van der Waals surface area contributed by atoms with Crippen molar-refractivity contribution < 1.29 is 4.79 Å². The summed E-state index contributed by atoms with van der Waals surface area (Å²) in [5, 5.41) is 12.1. The zero-order valence-corrected chi connectivity index (χ0v) is 10.5. The van der Waals surface area contributed by atoms with Crippen molar-refractivity contribution in [2.45, 2.75) is 13.3 Å². The number of halogens is 1. The van der Waals surface area contributed by atoms with Crippen molar-refractivity contribution in [2.75, 3.05) is 10.6 Å². The third kappa shape index (κ3) is 2.98. The van der Waals surface area contributed by atoms with Crippen LogP contribution in [0, 0.1) is 0 Å². The number of carbonyl (C=O) groups excluding carboxylic acids is 1. The molecule has 0 bridgehead atoms. The molecule has 6 nitrogen and oxygen atoms in total. The van der Waals surface area contributed by atoms with Gasteiger partial charge in [-0.2, -0.15) is 4.98 Å². The normalized spacial score (nSPS) is 10.1. The van der Waals surface area contributed by atoms with Crippen LogP contribution in [0.3, 0.4) is 0 Å². The molecule has 0 unspecified atom stereocenters. The van der Waals surface area contributed by atoms with Crippen LogP contribution in [0.15, 0.2) is 24.3 Å². The predicted molar refractivity (Wildman–Crippen MR) is 69.9 cm³/mol. The summed E-state index contributed by atoms with van der Waals surface area (Å²) in [5.74, 6) is 0.944. The number of hydrogen-bond acceptors (Lipinski definition) is 3. The van der Waals surface area contributed by atoms with Crippen LogP contribution < -0.4 is 10.6 Å². The predicted octanol–water partition coefficient (Wildman–Crippen LogP) is 2.66. The summed E-state index contributed by atoms with van der Waals surface area (Å²) in [6.07, 6.45) is 0.723. The minimum absolute atomic E-state index is 0.233. The second-order valence-corrected chi connectivity index (χ2v) is 3.93. The van der Waals surface area contributed by atoms with Crippen LogP contribution in [0.25, 0.3) is 0 Å². The zero-order valence-electron chi connectivity index (χ0n) is 9.70. The zero-order chi connectivity index (χ0) is 13.0. The van der Waals surface area contributed by atoms with Gasteiger partial charge >= 0.3 is 6.03 Å². The van der Waals surface area contributed by atoms with E-state index >= 15 is 0 Å². The van der Waals surface area contributed by atoms with Crippen LogP contribution in [-0.2, 0) is 6.42 Å². The minimum Gasteiger partial charge on any atom is -0.306 e. The third-order valence-electron chi connectivity index (χ3n) is 2.21. The number of para-hydroxylation sites is 1. The molecule has 0 aliphatic heterocycles. The molecule has 2 rings (SSSR count). The second kappa shape index (κ2) is 5.50. The number of nitrogens with one attached hydrogen (secondary N) is 3. The van der Waals surface area contributed by atoms with E-state index in [9.17, 15) is 4.79 Å². The SMILES string of the molecule is CCc1nc(NC(=O)Nc2ccccc2Cl)n[nH]1. The van der Waals surface area contributed by atoms with Crippen molar-refractivity contribution in [3.8, 4) is 0 Å². The van der Waals surface area contributed by atoms with Gasteiger partial charge < -0.3 is 5.32 Å². The Morgan fingerprint density at radius 3 is 2.83 bits per heavy atom. The number of H-pyrrole nitrogens is 1. The van der Waals surface area contributed by atoms with E-state index < -0.39 is 6.03 Å². The molecule has 0 saturated carbocycles. The highest BCUT2D eigenvalue weighted by molar-refractivity contribution is 6.33. The highest BCUT2D eigenvalue weighted by atomic mass is 35.5. The molecule has 0 fully saturated rings. The lowest BCUT2D eigenvalue weighted by Crippen LogP contribution is -2.20. The summed E-state index contributed by atoms with van der Waals surface area (Å²) in [5.41, 5.74) is 0.530. The molecule has 18 heavy (non-hydrogen) atoms. The first-order valence-corrected chi connectivity index (χ1v) is 5.80. The van der Waals surface area contributed by atoms with Crippen molar-refractivity contribution >= 4 is 29.3 Å². The van der Waals surface area contributed by atoms with E-state index in [0.717, 1.165) is 6.42 Å². The van der Waals surface area contributed by atoms with Crippen LogP contribution in [0.2, 0.25) is 5.02 Å². The lowest BCUT2D eigenvalue weighted by molar-refractivity contribution is 0.262. The molecule has 2 amide bonds. The first-order chi connectivity index (χ1) is 8.69. The molecule has 1 heterocycles. The fraction of sp³-hybridized carbons (Fsp3) is 0.182. The van der Waals surface area contributed by atoms with Gasteiger partial charge in [0.05, 0.1) is 10.7 Å². The monoisotopic (exact) mass is 265 g/mol. The molecule has 2 aromatic rings. The Hall–Kier alpha value is -2.08. The molecule has 3 N–H and O–H groups in total. The number of urea groups is 1. The smallest absolute Gasteiger partial charge is 0.306 e. The van der Waals surface area contributed by atoms with E-state index in [1.807, 2.05) is 6.92 Å². The fourth-order valence-electron chi connectivity index (χ4n) is 1.33.